The van der Waals surface area contributed by atoms with Gasteiger partial charge in [-0.3, -0.25) is 4.98 Å². The molecule has 2 heterocycles. The van der Waals surface area contributed by atoms with E-state index in [1.165, 1.54) is 37.5 Å². The molecule has 0 aliphatic rings. The standard InChI is InChI=1S/C18H13NS/c1-12-2-4-16-15(8-12)10-19-11-17(16)13-3-5-18-14(9-13)6-7-20-18/h2-11H,1H3. The molecule has 0 aliphatic heterocycles. The van der Waals surface area contributed by atoms with Crippen molar-refractivity contribution in [3.63, 3.8) is 0 Å². The summed E-state index contributed by atoms with van der Waals surface area (Å²) in [7, 11) is 0. The van der Waals surface area contributed by atoms with Crippen LogP contribution in [-0.4, -0.2) is 4.98 Å². The SMILES string of the molecule is Cc1ccc2c(-c3ccc4sccc4c3)cncc2c1. The molecule has 0 atom stereocenters. The van der Waals surface area contributed by atoms with Gasteiger partial charge in [0, 0.05) is 28.0 Å². The first-order chi connectivity index (χ1) is 9.81. The summed E-state index contributed by atoms with van der Waals surface area (Å²) in [6, 6.07) is 15.4. The Balaban J connectivity index is 2.01. The lowest BCUT2D eigenvalue weighted by atomic mass is 9.99. The quantitative estimate of drug-likeness (QED) is 0.451. The second-order valence-corrected chi connectivity index (χ2v) is 6.03. The molecule has 96 valence electrons. The van der Waals surface area contributed by atoms with Gasteiger partial charge in [0.2, 0.25) is 0 Å². The molecule has 0 unspecified atom stereocenters. The van der Waals surface area contributed by atoms with Crippen molar-refractivity contribution in [1.29, 1.82) is 0 Å². The lowest BCUT2D eigenvalue weighted by Crippen LogP contribution is -1.84. The number of rotatable bonds is 1. The summed E-state index contributed by atoms with van der Waals surface area (Å²) in [5.74, 6) is 0. The van der Waals surface area contributed by atoms with Gasteiger partial charge in [-0.2, -0.15) is 0 Å². The zero-order valence-electron chi connectivity index (χ0n) is 11.1. The summed E-state index contributed by atoms with van der Waals surface area (Å²) < 4.78 is 1.33. The van der Waals surface area contributed by atoms with Crippen LogP contribution in [0.5, 0.6) is 0 Å². The number of pyridine rings is 1. The van der Waals surface area contributed by atoms with E-state index in [-0.39, 0.29) is 0 Å². The maximum atomic E-state index is 4.40. The predicted octanol–water partition coefficient (Wildman–Crippen LogP) is 5.42. The molecule has 0 saturated carbocycles. The van der Waals surface area contributed by atoms with Gasteiger partial charge >= 0.3 is 0 Å². The van der Waals surface area contributed by atoms with Crippen LogP contribution < -0.4 is 0 Å². The van der Waals surface area contributed by atoms with Gasteiger partial charge in [0.15, 0.2) is 0 Å². The van der Waals surface area contributed by atoms with E-state index in [0.717, 1.165) is 0 Å². The Kier molecular flexibility index (Phi) is 2.57. The number of fused-ring (bicyclic) bond motifs is 2. The highest BCUT2D eigenvalue weighted by Gasteiger charge is 2.06. The highest BCUT2D eigenvalue weighted by molar-refractivity contribution is 7.17. The molecule has 0 amide bonds. The van der Waals surface area contributed by atoms with Gasteiger partial charge in [-0.1, -0.05) is 23.8 Å². The second-order valence-electron chi connectivity index (χ2n) is 5.08. The van der Waals surface area contributed by atoms with Gasteiger partial charge in [-0.15, -0.1) is 11.3 Å². The van der Waals surface area contributed by atoms with Crippen molar-refractivity contribution >= 4 is 32.2 Å². The predicted molar refractivity (Wildman–Crippen MR) is 87.3 cm³/mol. The number of benzene rings is 2. The van der Waals surface area contributed by atoms with Crippen LogP contribution in [0.15, 0.2) is 60.2 Å². The zero-order chi connectivity index (χ0) is 13.5. The van der Waals surface area contributed by atoms with E-state index in [1.54, 1.807) is 11.3 Å². The van der Waals surface area contributed by atoms with E-state index >= 15 is 0 Å². The zero-order valence-corrected chi connectivity index (χ0v) is 11.9. The van der Waals surface area contributed by atoms with E-state index in [4.69, 9.17) is 0 Å². The molecule has 0 N–H and O–H groups in total. The van der Waals surface area contributed by atoms with Crippen LogP contribution in [0, 0.1) is 6.92 Å². The largest absolute Gasteiger partial charge is 0.263 e. The minimum atomic E-state index is 1.20. The molecule has 4 aromatic rings. The fourth-order valence-corrected chi connectivity index (χ4v) is 3.43. The molecular weight excluding hydrogens is 262 g/mol. The van der Waals surface area contributed by atoms with Crippen LogP contribution in [0.1, 0.15) is 5.56 Å². The first-order valence-electron chi connectivity index (χ1n) is 6.63. The minimum absolute atomic E-state index is 1.20. The van der Waals surface area contributed by atoms with E-state index in [0.29, 0.717) is 0 Å². The molecule has 0 radical (unpaired) electrons. The molecule has 2 aromatic carbocycles. The smallest absolute Gasteiger partial charge is 0.0352 e. The first kappa shape index (κ1) is 11.6. The third kappa shape index (κ3) is 1.81. The molecule has 2 heteroatoms. The van der Waals surface area contributed by atoms with Crippen molar-refractivity contribution in [1.82, 2.24) is 4.98 Å². The fraction of sp³-hybridized carbons (Fsp3) is 0.0556. The monoisotopic (exact) mass is 275 g/mol. The van der Waals surface area contributed by atoms with E-state index < -0.39 is 0 Å². The van der Waals surface area contributed by atoms with Crippen LogP contribution in [0.2, 0.25) is 0 Å². The summed E-state index contributed by atoms with van der Waals surface area (Å²) in [5, 5.41) is 5.91. The van der Waals surface area contributed by atoms with E-state index in [1.807, 2.05) is 12.4 Å². The number of thiophene rings is 1. The summed E-state index contributed by atoms with van der Waals surface area (Å²) in [6.07, 6.45) is 3.90. The molecule has 4 rings (SSSR count). The van der Waals surface area contributed by atoms with Crippen molar-refractivity contribution in [2.24, 2.45) is 0 Å². The maximum absolute atomic E-state index is 4.40. The van der Waals surface area contributed by atoms with Gasteiger partial charge in [0.1, 0.15) is 0 Å². The van der Waals surface area contributed by atoms with Gasteiger partial charge in [0.05, 0.1) is 0 Å². The molecule has 20 heavy (non-hydrogen) atoms. The van der Waals surface area contributed by atoms with Gasteiger partial charge in [0.25, 0.3) is 0 Å². The number of hydrogen-bond acceptors (Lipinski definition) is 2. The number of hydrogen-bond donors (Lipinski definition) is 0. The highest BCUT2D eigenvalue weighted by Crippen LogP contribution is 2.31. The van der Waals surface area contributed by atoms with Gasteiger partial charge in [-0.05, 0) is 52.9 Å². The van der Waals surface area contributed by atoms with Gasteiger partial charge in [-0.25, -0.2) is 0 Å². The molecule has 1 nitrogen and oxygen atoms in total. The van der Waals surface area contributed by atoms with Crippen molar-refractivity contribution in [3.8, 4) is 11.1 Å². The lowest BCUT2D eigenvalue weighted by molar-refractivity contribution is 1.36. The molecule has 0 saturated heterocycles. The summed E-state index contributed by atoms with van der Waals surface area (Å²) in [6.45, 7) is 2.11. The Labute approximate surface area is 121 Å². The van der Waals surface area contributed by atoms with E-state index in [9.17, 15) is 0 Å². The summed E-state index contributed by atoms with van der Waals surface area (Å²) >= 11 is 1.78. The first-order valence-corrected chi connectivity index (χ1v) is 7.51. The highest BCUT2D eigenvalue weighted by atomic mass is 32.1. The normalized spacial score (nSPS) is 11.2. The molecule has 0 bridgehead atoms. The third-order valence-electron chi connectivity index (χ3n) is 3.68. The average Bonchev–Trinajstić information content (AvgIpc) is 2.93. The molecular formula is C18H13NS. The summed E-state index contributed by atoms with van der Waals surface area (Å²) in [5.41, 5.74) is 3.71. The Morgan fingerprint density at radius 2 is 1.85 bits per heavy atom. The summed E-state index contributed by atoms with van der Waals surface area (Å²) in [4.78, 5) is 4.40. The number of nitrogens with zero attached hydrogens (tertiary/aromatic N) is 1. The lowest BCUT2D eigenvalue weighted by Gasteiger charge is -2.07. The Morgan fingerprint density at radius 1 is 0.900 bits per heavy atom. The molecule has 0 spiro atoms. The van der Waals surface area contributed by atoms with Gasteiger partial charge < -0.3 is 0 Å². The maximum Gasteiger partial charge on any atom is 0.0352 e. The van der Waals surface area contributed by atoms with Crippen molar-refractivity contribution in [3.05, 3.63) is 65.8 Å². The van der Waals surface area contributed by atoms with Crippen LogP contribution >= 0.6 is 11.3 Å². The van der Waals surface area contributed by atoms with Crippen molar-refractivity contribution < 1.29 is 0 Å². The molecule has 2 aromatic heterocycles. The Hall–Kier alpha value is -2.19. The van der Waals surface area contributed by atoms with Crippen LogP contribution in [-0.2, 0) is 0 Å². The van der Waals surface area contributed by atoms with E-state index in [2.05, 4.69) is 59.8 Å². The fourth-order valence-electron chi connectivity index (χ4n) is 2.66. The molecule has 0 fully saturated rings. The van der Waals surface area contributed by atoms with Crippen molar-refractivity contribution in [2.45, 2.75) is 6.92 Å². The third-order valence-corrected chi connectivity index (χ3v) is 4.58. The van der Waals surface area contributed by atoms with Crippen LogP contribution in [0.4, 0.5) is 0 Å². The second kappa shape index (κ2) is 4.43. The Morgan fingerprint density at radius 3 is 2.80 bits per heavy atom. The minimum Gasteiger partial charge on any atom is -0.263 e. The Bertz CT molecular complexity index is 921. The number of aryl methyl sites for hydroxylation is 1. The topological polar surface area (TPSA) is 12.9 Å². The van der Waals surface area contributed by atoms with Crippen molar-refractivity contribution in [2.75, 3.05) is 0 Å². The van der Waals surface area contributed by atoms with Crippen LogP contribution in [0.3, 0.4) is 0 Å². The molecule has 0 aliphatic carbocycles. The van der Waals surface area contributed by atoms with Crippen LogP contribution in [0.25, 0.3) is 32.0 Å². The number of aromatic nitrogens is 1. The average molecular weight is 275 g/mol.